The van der Waals surface area contributed by atoms with Crippen LogP contribution in [0.15, 0.2) is 36.5 Å². The molecule has 6 nitrogen and oxygen atoms in total. The maximum atomic E-state index is 12.9. The number of benzene rings is 1. The fourth-order valence-corrected chi connectivity index (χ4v) is 3.03. The van der Waals surface area contributed by atoms with Crippen LogP contribution in [0.5, 0.6) is 11.6 Å². The molecule has 8 heteroatoms. The van der Waals surface area contributed by atoms with Gasteiger partial charge >= 0.3 is 0 Å². The fourth-order valence-electron chi connectivity index (χ4n) is 1.93. The molecule has 0 aliphatic heterocycles. The van der Waals surface area contributed by atoms with Crippen LogP contribution in [0.2, 0.25) is 0 Å². The lowest BCUT2D eigenvalue weighted by Crippen LogP contribution is -2.35. The number of rotatable bonds is 6. The van der Waals surface area contributed by atoms with Crippen molar-refractivity contribution in [2.24, 2.45) is 0 Å². The molecule has 0 saturated carbocycles. The minimum absolute atomic E-state index is 0.00406. The van der Waals surface area contributed by atoms with E-state index in [1.165, 1.54) is 36.7 Å². The molecule has 124 valence electrons. The molecule has 1 heterocycles. The molecule has 0 fully saturated rings. The lowest BCUT2D eigenvalue weighted by molar-refractivity contribution is 0.459. The van der Waals surface area contributed by atoms with E-state index in [0.29, 0.717) is 17.6 Å². The van der Waals surface area contributed by atoms with Crippen molar-refractivity contribution in [3.8, 4) is 11.6 Å². The van der Waals surface area contributed by atoms with E-state index in [1.54, 1.807) is 24.9 Å². The Morgan fingerprint density at radius 1 is 1.26 bits per heavy atom. The normalized spacial score (nSPS) is 12.7. The van der Waals surface area contributed by atoms with Gasteiger partial charge in [0.25, 0.3) is 0 Å². The molecular weight excluding hydrogens is 321 g/mol. The van der Waals surface area contributed by atoms with E-state index in [2.05, 4.69) is 9.97 Å². The van der Waals surface area contributed by atoms with Gasteiger partial charge < -0.3 is 9.64 Å². The van der Waals surface area contributed by atoms with Crippen LogP contribution in [0.4, 0.5) is 10.3 Å². The van der Waals surface area contributed by atoms with Crippen LogP contribution in [0, 0.1) is 5.82 Å². The molecule has 0 saturated heterocycles. The molecule has 23 heavy (non-hydrogen) atoms. The number of sulfone groups is 1. The number of aromatic nitrogens is 2. The van der Waals surface area contributed by atoms with Gasteiger partial charge in [0.2, 0.25) is 11.8 Å². The van der Waals surface area contributed by atoms with Gasteiger partial charge in [0.15, 0.2) is 0 Å². The summed E-state index contributed by atoms with van der Waals surface area (Å²) in [7, 11) is -1.39. The topological polar surface area (TPSA) is 72.4 Å². The lowest BCUT2D eigenvalue weighted by atomic mass is 10.3. The van der Waals surface area contributed by atoms with Crippen LogP contribution in [0.25, 0.3) is 0 Å². The number of ether oxygens (including phenoxy) is 1. The van der Waals surface area contributed by atoms with Crippen molar-refractivity contribution in [3.05, 3.63) is 42.3 Å². The highest BCUT2D eigenvalue weighted by Crippen LogP contribution is 2.21. The highest BCUT2D eigenvalue weighted by Gasteiger charge is 2.18. The van der Waals surface area contributed by atoms with E-state index in [-0.39, 0.29) is 17.6 Å². The Balaban J connectivity index is 2.14. The predicted molar refractivity (Wildman–Crippen MR) is 86.1 cm³/mol. The summed E-state index contributed by atoms with van der Waals surface area (Å²) in [6, 6.07) is 6.85. The third kappa shape index (κ3) is 5.17. The first-order valence-electron chi connectivity index (χ1n) is 6.91. The van der Waals surface area contributed by atoms with Crippen LogP contribution in [-0.4, -0.2) is 43.5 Å². The van der Waals surface area contributed by atoms with Gasteiger partial charge in [-0.15, -0.1) is 0 Å². The Hall–Kier alpha value is -2.22. The van der Waals surface area contributed by atoms with Crippen molar-refractivity contribution in [2.75, 3.05) is 24.0 Å². The first kappa shape index (κ1) is 17.1. The highest BCUT2D eigenvalue weighted by atomic mass is 32.2. The summed E-state index contributed by atoms with van der Waals surface area (Å²) in [5.41, 5.74) is 0. The minimum atomic E-state index is -3.10. The molecule has 1 unspecified atom stereocenters. The summed E-state index contributed by atoms with van der Waals surface area (Å²) in [4.78, 5) is 10.0. The second kappa shape index (κ2) is 6.91. The monoisotopic (exact) mass is 339 g/mol. The molecule has 1 aromatic carbocycles. The lowest BCUT2D eigenvalue weighted by Gasteiger charge is -2.24. The van der Waals surface area contributed by atoms with E-state index in [4.69, 9.17) is 4.74 Å². The van der Waals surface area contributed by atoms with E-state index in [1.807, 2.05) is 0 Å². The summed E-state index contributed by atoms with van der Waals surface area (Å²) in [6.07, 6.45) is 2.71. The van der Waals surface area contributed by atoms with Gasteiger partial charge in [0.05, 0.1) is 5.75 Å². The van der Waals surface area contributed by atoms with E-state index >= 15 is 0 Å². The van der Waals surface area contributed by atoms with Gasteiger partial charge in [-0.1, -0.05) is 0 Å². The predicted octanol–water partition coefficient (Wildman–Crippen LogP) is 2.28. The molecule has 0 spiro atoms. The Morgan fingerprint density at radius 3 is 2.52 bits per heavy atom. The number of hydrogen-bond donors (Lipinski definition) is 0. The van der Waals surface area contributed by atoms with Gasteiger partial charge in [-0.3, -0.25) is 0 Å². The average Bonchev–Trinajstić information content (AvgIpc) is 2.47. The summed E-state index contributed by atoms with van der Waals surface area (Å²) in [5, 5.41) is 0. The van der Waals surface area contributed by atoms with Gasteiger partial charge in [-0.25, -0.2) is 17.8 Å². The smallest absolute Gasteiger partial charge is 0.228 e. The van der Waals surface area contributed by atoms with Gasteiger partial charge in [0.1, 0.15) is 21.4 Å². The maximum absolute atomic E-state index is 12.9. The zero-order valence-corrected chi connectivity index (χ0v) is 13.9. The van der Waals surface area contributed by atoms with Crippen LogP contribution < -0.4 is 9.64 Å². The Kier molecular flexibility index (Phi) is 5.15. The van der Waals surface area contributed by atoms with Crippen LogP contribution >= 0.6 is 0 Å². The molecule has 2 rings (SSSR count). The summed E-state index contributed by atoms with van der Waals surface area (Å²) in [5.74, 6) is 0.731. The molecule has 0 aliphatic carbocycles. The van der Waals surface area contributed by atoms with Crippen LogP contribution in [0.1, 0.15) is 6.92 Å². The third-order valence-corrected chi connectivity index (χ3v) is 4.26. The fraction of sp³-hybridized carbons (Fsp3) is 0.333. The van der Waals surface area contributed by atoms with Crippen molar-refractivity contribution < 1.29 is 17.5 Å². The number of halogens is 1. The molecule has 0 aliphatic rings. The van der Waals surface area contributed by atoms with E-state index < -0.39 is 9.84 Å². The molecule has 0 N–H and O–H groups in total. The first-order chi connectivity index (χ1) is 10.7. The second-order valence-corrected chi connectivity index (χ2v) is 7.49. The van der Waals surface area contributed by atoms with Crippen LogP contribution in [-0.2, 0) is 9.84 Å². The minimum Gasteiger partial charge on any atom is -0.439 e. The van der Waals surface area contributed by atoms with Crippen molar-refractivity contribution in [2.45, 2.75) is 13.0 Å². The van der Waals surface area contributed by atoms with Crippen molar-refractivity contribution >= 4 is 15.8 Å². The Bertz CT molecular complexity index is 766. The van der Waals surface area contributed by atoms with E-state index in [0.717, 1.165) is 0 Å². The second-order valence-electron chi connectivity index (χ2n) is 5.30. The zero-order chi connectivity index (χ0) is 17.0. The number of hydrogen-bond acceptors (Lipinski definition) is 6. The zero-order valence-electron chi connectivity index (χ0n) is 13.1. The first-order valence-corrected chi connectivity index (χ1v) is 8.98. The molecule has 1 atom stereocenters. The molecule has 0 amide bonds. The van der Waals surface area contributed by atoms with Gasteiger partial charge in [0, 0.05) is 31.6 Å². The standard InChI is InChI=1S/C15H18FN3O3S/c1-11(10-23(3,20)21)19(2)15-17-9-8-14(18-15)22-13-6-4-12(16)5-7-13/h4-9,11H,10H2,1-3H3. The molecule has 0 bridgehead atoms. The summed E-state index contributed by atoms with van der Waals surface area (Å²) < 4.78 is 41.2. The summed E-state index contributed by atoms with van der Waals surface area (Å²) >= 11 is 0. The number of anilines is 1. The SMILES string of the molecule is CC(CS(C)(=O)=O)N(C)c1nccc(Oc2ccc(F)cc2)n1. The Labute approximate surface area is 134 Å². The quantitative estimate of drug-likeness (QED) is 0.804. The highest BCUT2D eigenvalue weighted by molar-refractivity contribution is 7.90. The molecule has 0 radical (unpaired) electrons. The summed E-state index contributed by atoms with van der Waals surface area (Å²) in [6.45, 7) is 1.78. The molecule has 1 aromatic heterocycles. The average molecular weight is 339 g/mol. The maximum Gasteiger partial charge on any atom is 0.228 e. The third-order valence-electron chi connectivity index (χ3n) is 3.17. The Morgan fingerprint density at radius 2 is 1.91 bits per heavy atom. The van der Waals surface area contributed by atoms with Crippen molar-refractivity contribution in [1.82, 2.24) is 9.97 Å². The van der Waals surface area contributed by atoms with E-state index in [9.17, 15) is 12.8 Å². The van der Waals surface area contributed by atoms with Crippen molar-refractivity contribution in [3.63, 3.8) is 0 Å². The molecular formula is C15H18FN3O3S. The molecule has 2 aromatic rings. The van der Waals surface area contributed by atoms with Gasteiger partial charge in [-0.05, 0) is 31.2 Å². The number of nitrogens with zero attached hydrogens (tertiary/aromatic N) is 3. The van der Waals surface area contributed by atoms with Crippen LogP contribution in [0.3, 0.4) is 0 Å². The van der Waals surface area contributed by atoms with Gasteiger partial charge in [-0.2, -0.15) is 4.98 Å². The largest absolute Gasteiger partial charge is 0.439 e. The van der Waals surface area contributed by atoms with Crippen molar-refractivity contribution in [1.29, 1.82) is 0 Å².